The summed E-state index contributed by atoms with van der Waals surface area (Å²) in [5, 5.41) is -0.134. The van der Waals surface area contributed by atoms with Crippen LogP contribution >= 0.6 is 0 Å². The summed E-state index contributed by atoms with van der Waals surface area (Å²) in [5.74, 6) is -0.0350. The van der Waals surface area contributed by atoms with Crippen LogP contribution in [0.2, 0.25) is 18.1 Å². The van der Waals surface area contributed by atoms with Gasteiger partial charge in [-0.3, -0.25) is 10.9 Å². The van der Waals surface area contributed by atoms with Gasteiger partial charge in [-0.15, -0.1) is 6.92 Å². The van der Waals surface area contributed by atoms with E-state index in [9.17, 15) is 4.79 Å². The van der Waals surface area contributed by atoms with Crippen molar-refractivity contribution >= 4 is 14.1 Å². The van der Waals surface area contributed by atoms with Crippen LogP contribution in [0.4, 0.5) is 0 Å². The van der Waals surface area contributed by atoms with E-state index in [1.165, 1.54) is 23.8 Å². The number of methoxy groups -OCH3 is 1. The summed E-state index contributed by atoms with van der Waals surface area (Å²) < 4.78 is 4.89. The second-order valence-corrected chi connectivity index (χ2v) is 10.2. The van der Waals surface area contributed by atoms with Gasteiger partial charge in [-0.05, 0) is 0 Å². The van der Waals surface area contributed by atoms with Gasteiger partial charge in [0.25, 0.3) is 0 Å². The van der Waals surface area contributed by atoms with Crippen molar-refractivity contribution in [2.24, 2.45) is 0 Å². The van der Waals surface area contributed by atoms with E-state index in [4.69, 9.17) is 4.74 Å². The van der Waals surface area contributed by atoms with Crippen molar-refractivity contribution in [2.75, 3.05) is 13.7 Å². The van der Waals surface area contributed by atoms with Crippen molar-refractivity contribution in [3.05, 3.63) is 37.6 Å². The average Bonchev–Trinajstić information content (AvgIpc) is 2.44. The zero-order valence-corrected chi connectivity index (χ0v) is 17.6. The number of rotatable bonds is 4. The van der Waals surface area contributed by atoms with Crippen molar-refractivity contribution < 1.29 is 31.2 Å². The minimum Gasteiger partial charge on any atom is -0.381 e. The van der Waals surface area contributed by atoms with Gasteiger partial charge in [0.15, 0.2) is 0 Å². The van der Waals surface area contributed by atoms with Crippen LogP contribution in [0.25, 0.3) is 0 Å². The first-order valence-corrected chi connectivity index (χ1v) is 9.25. The SMILES string of the molecule is COCC(=O)N[Si](C)(C)C1(C)[C-]=C(C)C(C)=C1C.[CH3-].[CH3-].[Ti+3]. The Morgan fingerprint density at radius 1 is 1.29 bits per heavy atom. The van der Waals surface area contributed by atoms with Gasteiger partial charge in [-0.25, -0.2) is 5.57 Å². The summed E-state index contributed by atoms with van der Waals surface area (Å²) in [6.07, 6.45) is 3.57. The first-order chi connectivity index (χ1) is 8.15. The molecule has 0 spiro atoms. The zero-order chi connectivity index (χ0) is 14.1. The van der Waals surface area contributed by atoms with Crippen molar-refractivity contribution in [2.45, 2.75) is 45.8 Å². The molecule has 1 amide bonds. The first kappa shape index (κ1) is 25.8. The van der Waals surface area contributed by atoms with Gasteiger partial charge >= 0.3 is 21.7 Å². The summed E-state index contributed by atoms with van der Waals surface area (Å²) in [7, 11) is -0.472. The van der Waals surface area contributed by atoms with Gasteiger partial charge in [0, 0.05) is 7.11 Å². The van der Waals surface area contributed by atoms with Crippen LogP contribution in [0.1, 0.15) is 27.7 Å². The Morgan fingerprint density at radius 3 is 2.10 bits per heavy atom. The Bertz CT molecular complexity index is 430. The topological polar surface area (TPSA) is 38.3 Å². The second kappa shape index (κ2) is 9.09. The molecule has 1 unspecified atom stereocenters. The molecule has 0 heterocycles. The molecule has 5 heteroatoms. The van der Waals surface area contributed by atoms with E-state index in [1.807, 2.05) is 0 Å². The Labute approximate surface area is 147 Å². The third-order valence-corrected chi connectivity index (χ3v) is 8.19. The van der Waals surface area contributed by atoms with Gasteiger partial charge in [0.2, 0.25) is 5.91 Å². The van der Waals surface area contributed by atoms with Crippen molar-refractivity contribution in [3.8, 4) is 0 Å². The second-order valence-electron chi connectivity index (χ2n) is 5.73. The molecule has 0 aromatic heterocycles. The van der Waals surface area contributed by atoms with Crippen molar-refractivity contribution in [1.29, 1.82) is 0 Å². The van der Waals surface area contributed by atoms with E-state index in [-0.39, 0.29) is 54.1 Å². The number of ether oxygens (including phenoxy) is 1. The number of carbonyl (C=O) groups is 1. The van der Waals surface area contributed by atoms with E-state index in [1.54, 1.807) is 0 Å². The molecule has 0 aromatic rings. The summed E-state index contributed by atoms with van der Waals surface area (Å²) in [4.78, 5) is 15.0. The van der Waals surface area contributed by atoms with Crippen LogP contribution in [-0.2, 0) is 31.2 Å². The van der Waals surface area contributed by atoms with Gasteiger partial charge in [-0.1, -0.05) is 38.9 Å². The normalized spacial score (nSPS) is 20.8. The van der Waals surface area contributed by atoms with Gasteiger partial charge < -0.3 is 24.6 Å². The molecule has 0 aliphatic heterocycles. The van der Waals surface area contributed by atoms with Crippen LogP contribution in [0.5, 0.6) is 0 Å². The fraction of sp³-hybridized carbons (Fsp3) is 0.562. The molecular formula is C16H30NO2SiTi. The first-order valence-electron chi connectivity index (χ1n) is 6.25. The molecule has 1 aliphatic rings. The Morgan fingerprint density at radius 2 is 1.76 bits per heavy atom. The van der Waals surface area contributed by atoms with E-state index in [0.717, 1.165) is 0 Å². The molecule has 1 N–H and O–H groups in total. The van der Waals surface area contributed by atoms with Gasteiger partial charge in [-0.2, -0.15) is 11.1 Å². The zero-order valence-electron chi connectivity index (χ0n) is 15.0. The number of amides is 1. The minimum atomic E-state index is -2.01. The standard InChI is InChI=1S/C14H24NO2Si.2CH3.Ti/c1-10-8-14(4,12(3)11(10)2)18(6,7)15-13(16)9-17-5;;;/h9H2,1-7H3,(H,15,16);2*1H3;/q3*-1;+3. The molecule has 21 heavy (non-hydrogen) atoms. The molecule has 0 bridgehead atoms. The molecule has 1 aliphatic carbocycles. The van der Waals surface area contributed by atoms with Gasteiger partial charge in [0.1, 0.15) is 14.8 Å². The number of carbonyl (C=O) groups excluding carboxylic acids is 1. The Balaban J connectivity index is -0.00000108. The molecule has 0 saturated carbocycles. The van der Waals surface area contributed by atoms with Crippen LogP contribution in [0, 0.1) is 20.9 Å². The molecule has 1 rings (SSSR count). The molecule has 0 saturated heterocycles. The molecule has 1 radical (unpaired) electrons. The molecule has 119 valence electrons. The fourth-order valence-electron chi connectivity index (χ4n) is 2.48. The van der Waals surface area contributed by atoms with Crippen LogP contribution in [0.15, 0.2) is 16.7 Å². The van der Waals surface area contributed by atoms with Crippen molar-refractivity contribution in [1.82, 2.24) is 4.98 Å². The average molecular weight is 344 g/mol. The molecule has 0 fully saturated rings. The smallest absolute Gasteiger partial charge is 0.381 e. The van der Waals surface area contributed by atoms with E-state index < -0.39 is 8.24 Å². The summed E-state index contributed by atoms with van der Waals surface area (Å²) in [6.45, 7) is 13.0. The number of nitrogens with one attached hydrogen (secondary N) is 1. The molecule has 1 atom stereocenters. The van der Waals surface area contributed by atoms with E-state index in [2.05, 4.69) is 51.8 Å². The third-order valence-electron chi connectivity index (χ3n) is 4.29. The largest absolute Gasteiger partial charge is 3.00 e. The Hall–Kier alpha value is -0.159. The molecule has 0 aromatic carbocycles. The summed E-state index contributed by atoms with van der Waals surface area (Å²) in [5.41, 5.74) is 3.84. The van der Waals surface area contributed by atoms with Crippen LogP contribution < -0.4 is 4.98 Å². The maximum atomic E-state index is 11.8. The molecular weight excluding hydrogens is 314 g/mol. The fourth-order valence-corrected chi connectivity index (χ4v) is 5.13. The van der Waals surface area contributed by atoms with E-state index in [0.29, 0.717) is 0 Å². The predicted octanol–water partition coefficient (Wildman–Crippen LogP) is 3.71. The number of allylic oxidation sites excluding steroid dienone is 4. The number of hydrogen-bond donors (Lipinski definition) is 1. The summed E-state index contributed by atoms with van der Waals surface area (Å²) >= 11 is 0. The maximum absolute atomic E-state index is 11.8. The third kappa shape index (κ3) is 4.92. The predicted molar refractivity (Wildman–Crippen MR) is 89.5 cm³/mol. The van der Waals surface area contributed by atoms with Crippen LogP contribution in [-0.4, -0.2) is 27.9 Å². The monoisotopic (exact) mass is 344 g/mol. The maximum Gasteiger partial charge on any atom is 3.00 e. The van der Waals surface area contributed by atoms with Crippen molar-refractivity contribution in [3.63, 3.8) is 0 Å². The quantitative estimate of drug-likeness (QED) is 0.624. The van der Waals surface area contributed by atoms with E-state index >= 15 is 0 Å². The minimum absolute atomic E-state index is 0. The molecule has 3 nitrogen and oxygen atoms in total. The summed E-state index contributed by atoms with van der Waals surface area (Å²) in [6, 6.07) is 0. The number of hydrogen-bond acceptors (Lipinski definition) is 2. The Kier molecular flexibility index (Phi) is 11.2. The van der Waals surface area contributed by atoms with Crippen LogP contribution in [0.3, 0.4) is 0 Å². The van der Waals surface area contributed by atoms with Gasteiger partial charge in [0.05, 0.1) is 0 Å².